The summed E-state index contributed by atoms with van der Waals surface area (Å²) in [4.78, 5) is 26.7. The third kappa shape index (κ3) is 3.08. The Labute approximate surface area is 123 Å². The van der Waals surface area contributed by atoms with Crippen molar-refractivity contribution < 1.29 is 14.5 Å². The lowest BCUT2D eigenvalue weighted by atomic mass is 10.2. The molecular weight excluding hydrogens is 296 g/mol. The number of aryl methyl sites for hydroxylation is 1. The predicted octanol–water partition coefficient (Wildman–Crippen LogP) is 2.20. The molecule has 0 unspecified atom stereocenters. The van der Waals surface area contributed by atoms with E-state index in [1.54, 1.807) is 6.92 Å². The van der Waals surface area contributed by atoms with Crippen LogP contribution in [0.25, 0.3) is 0 Å². The standard InChI is InChI=1S/C12H12N4O4S/c1-6-10(21-12(13)14-6)11(17)15-8-4-3-7(16(18)19)5-9(8)20-2/h3-5H,1-2H3,(H2,13,14)(H,15,17). The monoisotopic (exact) mass is 308 g/mol. The molecule has 0 atom stereocenters. The van der Waals surface area contributed by atoms with Crippen LogP contribution >= 0.6 is 11.3 Å². The van der Waals surface area contributed by atoms with E-state index in [-0.39, 0.29) is 11.4 Å². The van der Waals surface area contributed by atoms with Crippen molar-refractivity contribution in [3.05, 3.63) is 38.9 Å². The molecule has 8 nitrogen and oxygen atoms in total. The van der Waals surface area contributed by atoms with Crippen LogP contribution in [0.3, 0.4) is 0 Å². The number of ether oxygens (including phenoxy) is 1. The van der Waals surface area contributed by atoms with Gasteiger partial charge in [0.05, 0.1) is 29.5 Å². The summed E-state index contributed by atoms with van der Waals surface area (Å²) in [5.74, 6) is -0.193. The van der Waals surface area contributed by atoms with Gasteiger partial charge in [-0.25, -0.2) is 4.98 Å². The van der Waals surface area contributed by atoms with E-state index in [0.717, 1.165) is 11.3 Å². The number of carbonyl (C=O) groups is 1. The van der Waals surface area contributed by atoms with E-state index in [1.807, 2.05) is 0 Å². The van der Waals surface area contributed by atoms with E-state index < -0.39 is 10.8 Å². The Balaban J connectivity index is 2.29. The number of thiazole rings is 1. The highest BCUT2D eigenvalue weighted by Crippen LogP contribution is 2.30. The van der Waals surface area contributed by atoms with Gasteiger partial charge in [-0.1, -0.05) is 11.3 Å². The van der Waals surface area contributed by atoms with E-state index in [4.69, 9.17) is 10.5 Å². The molecule has 1 aromatic heterocycles. The molecule has 0 aliphatic rings. The number of methoxy groups -OCH3 is 1. The van der Waals surface area contributed by atoms with Gasteiger partial charge in [0.2, 0.25) is 0 Å². The zero-order chi connectivity index (χ0) is 15.6. The second-order valence-electron chi connectivity index (χ2n) is 4.06. The molecule has 0 fully saturated rings. The summed E-state index contributed by atoms with van der Waals surface area (Å²) in [6.07, 6.45) is 0. The van der Waals surface area contributed by atoms with Crippen LogP contribution in [0.15, 0.2) is 18.2 Å². The molecule has 0 saturated carbocycles. The highest BCUT2D eigenvalue weighted by Gasteiger charge is 2.17. The van der Waals surface area contributed by atoms with Gasteiger partial charge >= 0.3 is 0 Å². The first-order valence-corrected chi connectivity index (χ1v) is 6.60. The van der Waals surface area contributed by atoms with E-state index >= 15 is 0 Å². The van der Waals surface area contributed by atoms with E-state index in [1.165, 1.54) is 25.3 Å². The Kier molecular flexibility index (Phi) is 4.03. The van der Waals surface area contributed by atoms with Crippen molar-refractivity contribution in [2.75, 3.05) is 18.2 Å². The minimum absolute atomic E-state index is 0.122. The average Bonchev–Trinajstić information content (AvgIpc) is 2.78. The van der Waals surface area contributed by atoms with E-state index in [2.05, 4.69) is 10.3 Å². The molecule has 9 heteroatoms. The number of nitrogens with one attached hydrogen (secondary N) is 1. The molecule has 2 rings (SSSR count). The number of benzene rings is 1. The second kappa shape index (κ2) is 5.75. The fourth-order valence-corrected chi connectivity index (χ4v) is 2.43. The number of anilines is 2. The molecule has 0 saturated heterocycles. The van der Waals surface area contributed by atoms with Gasteiger partial charge < -0.3 is 15.8 Å². The lowest BCUT2D eigenvalue weighted by Crippen LogP contribution is -2.12. The number of non-ortho nitro benzene ring substituents is 1. The summed E-state index contributed by atoms with van der Waals surface area (Å²) in [6.45, 7) is 1.68. The SMILES string of the molecule is COc1cc([N+](=O)[O-])ccc1NC(=O)c1sc(N)nc1C. The lowest BCUT2D eigenvalue weighted by molar-refractivity contribution is -0.384. The molecule has 3 N–H and O–H groups in total. The van der Waals surface area contributed by atoms with Gasteiger partial charge in [-0.2, -0.15) is 0 Å². The Morgan fingerprint density at radius 2 is 2.24 bits per heavy atom. The van der Waals surface area contributed by atoms with Gasteiger partial charge in [0.15, 0.2) is 5.13 Å². The first kappa shape index (κ1) is 14.7. The molecule has 0 spiro atoms. The van der Waals surface area contributed by atoms with Crippen LogP contribution in [0, 0.1) is 17.0 Å². The molecule has 2 aromatic rings. The van der Waals surface area contributed by atoms with Crippen LogP contribution in [-0.2, 0) is 0 Å². The van der Waals surface area contributed by atoms with Gasteiger partial charge in [0, 0.05) is 6.07 Å². The van der Waals surface area contributed by atoms with Crippen molar-refractivity contribution in [3.63, 3.8) is 0 Å². The van der Waals surface area contributed by atoms with Crippen molar-refractivity contribution in [1.29, 1.82) is 0 Å². The number of nitrogens with two attached hydrogens (primary N) is 1. The second-order valence-corrected chi connectivity index (χ2v) is 5.09. The zero-order valence-electron chi connectivity index (χ0n) is 11.2. The summed E-state index contributed by atoms with van der Waals surface area (Å²) < 4.78 is 5.05. The molecule has 110 valence electrons. The number of nitro benzene ring substituents is 1. The molecule has 0 radical (unpaired) electrons. The van der Waals surface area contributed by atoms with Gasteiger partial charge in [-0.3, -0.25) is 14.9 Å². The molecule has 0 bridgehead atoms. The summed E-state index contributed by atoms with van der Waals surface area (Å²) in [5.41, 5.74) is 6.28. The smallest absolute Gasteiger partial charge is 0.273 e. The number of hydrogen-bond donors (Lipinski definition) is 2. The number of nitrogens with zero attached hydrogens (tertiary/aromatic N) is 2. The summed E-state index contributed by atoms with van der Waals surface area (Å²) in [5, 5.41) is 13.6. The van der Waals surface area contributed by atoms with E-state index in [0.29, 0.717) is 21.4 Å². The quantitative estimate of drug-likeness (QED) is 0.660. The Morgan fingerprint density at radius 1 is 1.52 bits per heavy atom. The summed E-state index contributed by atoms with van der Waals surface area (Å²) in [7, 11) is 1.37. The maximum atomic E-state index is 12.1. The third-order valence-electron chi connectivity index (χ3n) is 2.66. The predicted molar refractivity (Wildman–Crippen MR) is 78.9 cm³/mol. The van der Waals surface area contributed by atoms with Crippen LogP contribution in [-0.4, -0.2) is 22.9 Å². The Hall–Kier alpha value is -2.68. The Bertz CT molecular complexity index is 713. The topological polar surface area (TPSA) is 120 Å². The average molecular weight is 308 g/mol. The molecule has 1 aromatic carbocycles. The Morgan fingerprint density at radius 3 is 2.76 bits per heavy atom. The fourth-order valence-electron chi connectivity index (χ4n) is 1.70. The molecule has 0 aliphatic heterocycles. The van der Waals surface area contributed by atoms with Crippen LogP contribution in [0.4, 0.5) is 16.5 Å². The first-order valence-electron chi connectivity index (χ1n) is 5.79. The third-order valence-corrected chi connectivity index (χ3v) is 3.65. The highest BCUT2D eigenvalue weighted by atomic mass is 32.1. The van der Waals surface area contributed by atoms with Crippen molar-refractivity contribution in [3.8, 4) is 5.75 Å². The molecule has 21 heavy (non-hydrogen) atoms. The lowest BCUT2D eigenvalue weighted by Gasteiger charge is -2.09. The molecule has 1 amide bonds. The van der Waals surface area contributed by atoms with Crippen LogP contribution in [0.1, 0.15) is 15.4 Å². The summed E-state index contributed by atoms with van der Waals surface area (Å²) in [6, 6.07) is 3.93. The van der Waals surface area contributed by atoms with Gasteiger partial charge in [0.1, 0.15) is 10.6 Å². The van der Waals surface area contributed by atoms with Gasteiger partial charge in [-0.05, 0) is 13.0 Å². The van der Waals surface area contributed by atoms with Crippen molar-refractivity contribution in [2.45, 2.75) is 6.92 Å². The zero-order valence-corrected chi connectivity index (χ0v) is 12.1. The highest BCUT2D eigenvalue weighted by molar-refractivity contribution is 7.17. The number of rotatable bonds is 4. The first-order chi connectivity index (χ1) is 9.92. The molecule has 0 aliphatic carbocycles. The van der Waals surface area contributed by atoms with Crippen molar-refractivity contribution in [2.24, 2.45) is 0 Å². The normalized spacial score (nSPS) is 10.2. The van der Waals surface area contributed by atoms with Crippen LogP contribution < -0.4 is 15.8 Å². The van der Waals surface area contributed by atoms with Gasteiger partial charge in [0.25, 0.3) is 11.6 Å². The number of hydrogen-bond acceptors (Lipinski definition) is 7. The fraction of sp³-hybridized carbons (Fsp3) is 0.167. The number of nitrogen functional groups attached to an aromatic ring is 1. The van der Waals surface area contributed by atoms with Crippen LogP contribution in [0.5, 0.6) is 5.75 Å². The number of amides is 1. The molecule has 1 heterocycles. The van der Waals surface area contributed by atoms with Gasteiger partial charge in [-0.15, -0.1) is 0 Å². The van der Waals surface area contributed by atoms with Crippen LogP contribution in [0.2, 0.25) is 0 Å². The van der Waals surface area contributed by atoms with Crippen molar-refractivity contribution in [1.82, 2.24) is 4.98 Å². The molecular formula is C12H12N4O4S. The minimum Gasteiger partial charge on any atom is -0.494 e. The number of aromatic nitrogens is 1. The minimum atomic E-state index is -0.540. The number of carbonyl (C=O) groups excluding carboxylic acids is 1. The van der Waals surface area contributed by atoms with E-state index in [9.17, 15) is 14.9 Å². The maximum Gasteiger partial charge on any atom is 0.273 e. The largest absolute Gasteiger partial charge is 0.494 e. The number of nitro groups is 1. The maximum absolute atomic E-state index is 12.1. The van der Waals surface area contributed by atoms with Crippen molar-refractivity contribution >= 4 is 33.8 Å². The summed E-state index contributed by atoms with van der Waals surface area (Å²) >= 11 is 1.07.